The first-order valence-electron chi connectivity index (χ1n) is 7.92. The zero-order valence-corrected chi connectivity index (χ0v) is 13.0. The van der Waals surface area contributed by atoms with Crippen LogP contribution in [0.1, 0.15) is 37.7 Å². The first-order chi connectivity index (χ1) is 11.5. The summed E-state index contributed by atoms with van der Waals surface area (Å²) in [5, 5.41) is 13.6. The number of alkyl halides is 3. The predicted octanol–water partition coefficient (Wildman–Crippen LogP) is 4.38. The van der Waals surface area contributed by atoms with E-state index in [1.807, 2.05) is 0 Å². The Hall–Kier alpha value is -2.38. The Morgan fingerprint density at radius 1 is 1.04 bits per heavy atom. The SMILES string of the molecule is FC(F)(F)c1ccccc1Nc1cnnc(NC2CCCCC2)n1. The fraction of sp³-hybridized carbons (Fsp3) is 0.438. The van der Waals surface area contributed by atoms with E-state index in [-0.39, 0.29) is 11.5 Å². The van der Waals surface area contributed by atoms with Crippen molar-refractivity contribution in [2.75, 3.05) is 10.6 Å². The standard InChI is InChI=1S/C16H18F3N5/c17-16(18,19)12-8-4-5-9-13(12)22-14-10-20-24-15(23-14)21-11-6-2-1-3-7-11/h4-5,8-11H,1-3,6-7H2,(H2,21,22,23,24). The molecule has 2 aromatic rings. The number of nitrogens with one attached hydrogen (secondary N) is 2. The van der Waals surface area contributed by atoms with E-state index in [0.29, 0.717) is 12.0 Å². The maximum Gasteiger partial charge on any atom is 0.418 e. The molecule has 1 fully saturated rings. The molecule has 8 heteroatoms. The third kappa shape index (κ3) is 4.12. The van der Waals surface area contributed by atoms with E-state index in [0.717, 1.165) is 31.7 Å². The minimum Gasteiger partial charge on any atom is -0.350 e. The van der Waals surface area contributed by atoms with E-state index < -0.39 is 11.7 Å². The summed E-state index contributed by atoms with van der Waals surface area (Å²) in [7, 11) is 0. The van der Waals surface area contributed by atoms with Gasteiger partial charge in [0.15, 0.2) is 5.82 Å². The second-order valence-electron chi connectivity index (χ2n) is 5.81. The maximum absolute atomic E-state index is 13.0. The van der Waals surface area contributed by atoms with E-state index in [4.69, 9.17) is 0 Å². The number of anilines is 3. The van der Waals surface area contributed by atoms with Crippen LogP contribution in [0.5, 0.6) is 0 Å². The zero-order valence-electron chi connectivity index (χ0n) is 13.0. The van der Waals surface area contributed by atoms with Gasteiger partial charge >= 0.3 is 6.18 Å². The monoisotopic (exact) mass is 337 g/mol. The highest BCUT2D eigenvalue weighted by Gasteiger charge is 2.33. The minimum absolute atomic E-state index is 0.0610. The molecule has 1 saturated carbocycles. The van der Waals surface area contributed by atoms with Gasteiger partial charge in [-0.2, -0.15) is 23.3 Å². The molecule has 0 spiro atoms. The Morgan fingerprint density at radius 3 is 2.54 bits per heavy atom. The van der Waals surface area contributed by atoms with Gasteiger partial charge < -0.3 is 10.6 Å². The summed E-state index contributed by atoms with van der Waals surface area (Å²) in [6.45, 7) is 0. The second-order valence-corrected chi connectivity index (χ2v) is 5.81. The van der Waals surface area contributed by atoms with E-state index in [9.17, 15) is 13.2 Å². The molecule has 0 saturated heterocycles. The first-order valence-corrected chi connectivity index (χ1v) is 7.92. The number of para-hydroxylation sites is 1. The van der Waals surface area contributed by atoms with Crippen molar-refractivity contribution in [1.82, 2.24) is 15.2 Å². The predicted molar refractivity (Wildman–Crippen MR) is 85.0 cm³/mol. The first kappa shape index (κ1) is 16.5. The summed E-state index contributed by atoms with van der Waals surface area (Å²) >= 11 is 0. The zero-order chi connectivity index (χ0) is 17.0. The smallest absolute Gasteiger partial charge is 0.350 e. The molecule has 5 nitrogen and oxygen atoms in total. The van der Waals surface area contributed by atoms with Crippen LogP contribution in [0.2, 0.25) is 0 Å². The average molecular weight is 337 g/mol. The van der Waals surface area contributed by atoms with E-state index in [1.165, 1.54) is 30.8 Å². The van der Waals surface area contributed by atoms with Crippen molar-refractivity contribution < 1.29 is 13.2 Å². The summed E-state index contributed by atoms with van der Waals surface area (Å²) in [5.41, 5.74) is -0.806. The Bertz CT molecular complexity index is 683. The largest absolute Gasteiger partial charge is 0.418 e. The number of hydrogen-bond acceptors (Lipinski definition) is 5. The van der Waals surface area contributed by atoms with E-state index in [2.05, 4.69) is 25.8 Å². The summed E-state index contributed by atoms with van der Waals surface area (Å²) in [6, 6.07) is 5.56. The van der Waals surface area contributed by atoms with Crippen LogP contribution in [0.25, 0.3) is 0 Å². The summed E-state index contributed by atoms with van der Waals surface area (Å²) in [6.07, 6.45) is 2.49. The Balaban J connectivity index is 1.75. The summed E-state index contributed by atoms with van der Waals surface area (Å²) < 4.78 is 39.1. The Labute approximate surface area is 137 Å². The molecule has 1 aliphatic carbocycles. The second kappa shape index (κ2) is 7.02. The molecule has 3 rings (SSSR count). The summed E-state index contributed by atoms with van der Waals surface area (Å²) in [4.78, 5) is 4.22. The fourth-order valence-electron chi connectivity index (χ4n) is 2.83. The molecule has 0 radical (unpaired) electrons. The lowest BCUT2D eigenvalue weighted by Crippen LogP contribution is -2.23. The van der Waals surface area contributed by atoms with Gasteiger partial charge in [-0.1, -0.05) is 31.4 Å². The van der Waals surface area contributed by atoms with Gasteiger partial charge in [-0.15, -0.1) is 5.10 Å². The van der Waals surface area contributed by atoms with Gasteiger partial charge in [0.2, 0.25) is 5.95 Å². The van der Waals surface area contributed by atoms with Crippen LogP contribution in [0.3, 0.4) is 0 Å². The Kier molecular flexibility index (Phi) is 4.82. The molecule has 0 unspecified atom stereocenters. The Morgan fingerprint density at radius 2 is 1.79 bits per heavy atom. The van der Waals surface area contributed by atoms with Crippen LogP contribution < -0.4 is 10.6 Å². The molecule has 0 atom stereocenters. The fourth-order valence-corrected chi connectivity index (χ4v) is 2.83. The molecule has 128 valence electrons. The van der Waals surface area contributed by atoms with Gasteiger partial charge in [-0.05, 0) is 25.0 Å². The maximum atomic E-state index is 13.0. The minimum atomic E-state index is -4.44. The molecule has 2 N–H and O–H groups in total. The third-order valence-electron chi connectivity index (χ3n) is 3.99. The van der Waals surface area contributed by atoms with Crippen molar-refractivity contribution in [3.05, 3.63) is 36.0 Å². The normalized spacial score (nSPS) is 16.0. The van der Waals surface area contributed by atoms with Gasteiger partial charge in [0.05, 0.1) is 17.4 Å². The number of halogens is 3. The van der Waals surface area contributed by atoms with Gasteiger partial charge in [0.25, 0.3) is 0 Å². The van der Waals surface area contributed by atoms with Crippen molar-refractivity contribution in [2.45, 2.75) is 44.3 Å². The van der Waals surface area contributed by atoms with Gasteiger partial charge in [0.1, 0.15) is 0 Å². The average Bonchev–Trinajstić information content (AvgIpc) is 2.56. The van der Waals surface area contributed by atoms with Gasteiger partial charge in [-0.25, -0.2) is 0 Å². The van der Waals surface area contributed by atoms with Crippen molar-refractivity contribution >= 4 is 17.5 Å². The lowest BCUT2D eigenvalue weighted by molar-refractivity contribution is -0.136. The van der Waals surface area contributed by atoms with Crippen LogP contribution in [-0.4, -0.2) is 21.2 Å². The number of rotatable bonds is 4. The summed E-state index contributed by atoms with van der Waals surface area (Å²) in [5.74, 6) is 0.552. The highest BCUT2D eigenvalue weighted by Crippen LogP contribution is 2.35. The molecule has 1 heterocycles. The van der Waals surface area contributed by atoms with Gasteiger partial charge in [0, 0.05) is 6.04 Å². The van der Waals surface area contributed by atoms with Crippen molar-refractivity contribution in [3.63, 3.8) is 0 Å². The highest BCUT2D eigenvalue weighted by atomic mass is 19.4. The van der Waals surface area contributed by atoms with Crippen molar-refractivity contribution in [2.24, 2.45) is 0 Å². The molecule has 1 aromatic carbocycles. The van der Waals surface area contributed by atoms with E-state index >= 15 is 0 Å². The number of hydrogen-bond donors (Lipinski definition) is 2. The van der Waals surface area contributed by atoms with Crippen LogP contribution in [0.15, 0.2) is 30.5 Å². The molecular weight excluding hydrogens is 319 g/mol. The molecular formula is C16H18F3N5. The lowest BCUT2D eigenvalue weighted by Gasteiger charge is -2.22. The van der Waals surface area contributed by atoms with Crippen LogP contribution in [0.4, 0.5) is 30.6 Å². The molecule has 1 aromatic heterocycles. The van der Waals surface area contributed by atoms with Crippen LogP contribution in [-0.2, 0) is 6.18 Å². The quantitative estimate of drug-likeness (QED) is 0.867. The molecule has 0 amide bonds. The molecule has 24 heavy (non-hydrogen) atoms. The highest BCUT2D eigenvalue weighted by molar-refractivity contribution is 5.61. The molecule has 1 aliphatic rings. The van der Waals surface area contributed by atoms with Crippen LogP contribution in [0, 0.1) is 0 Å². The lowest BCUT2D eigenvalue weighted by atomic mass is 9.96. The van der Waals surface area contributed by atoms with Crippen molar-refractivity contribution in [1.29, 1.82) is 0 Å². The molecule has 0 aliphatic heterocycles. The number of nitrogens with zero attached hydrogens (tertiary/aromatic N) is 3. The van der Waals surface area contributed by atoms with E-state index in [1.54, 1.807) is 0 Å². The van der Waals surface area contributed by atoms with Crippen LogP contribution >= 0.6 is 0 Å². The van der Waals surface area contributed by atoms with Gasteiger partial charge in [-0.3, -0.25) is 0 Å². The topological polar surface area (TPSA) is 62.7 Å². The molecule has 0 bridgehead atoms. The number of benzene rings is 1. The number of aromatic nitrogens is 3. The van der Waals surface area contributed by atoms with Crippen molar-refractivity contribution in [3.8, 4) is 0 Å². The third-order valence-corrected chi connectivity index (χ3v) is 3.99.